The van der Waals surface area contributed by atoms with Gasteiger partial charge in [-0.05, 0) is 49.9 Å². The summed E-state index contributed by atoms with van der Waals surface area (Å²) in [6.45, 7) is 3.49. The van der Waals surface area contributed by atoms with Gasteiger partial charge in [0.1, 0.15) is 12.1 Å². The first-order chi connectivity index (χ1) is 15.0. The van der Waals surface area contributed by atoms with Crippen molar-refractivity contribution in [3.05, 3.63) is 35.4 Å². The summed E-state index contributed by atoms with van der Waals surface area (Å²) in [7, 11) is 1.69. The van der Waals surface area contributed by atoms with Crippen LogP contribution in [0.1, 0.15) is 62.5 Å². The van der Waals surface area contributed by atoms with E-state index in [1.165, 1.54) is 37.9 Å². The molecule has 4 amide bonds. The van der Waals surface area contributed by atoms with E-state index < -0.39 is 5.54 Å². The summed E-state index contributed by atoms with van der Waals surface area (Å²) in [6.07, 6.45) is 8.25. The second-order valence-corrected chi connectivity index (χ2v) is 9.26. The van der Waals surface area contributed by atoms with Crippen molar-refractivity contribution in [3.8, 4) is 0 Å². The number of nitrogens with one attached hydrogen (secondary N) is 1. The van der Waals surface area contributed by atoms with Gasteiger partial charge in [-0.3, -0.25) is 19.4 Å². The fraction of sp³-hybridized carbons (Fsp3) is 0.625. The second-order valence-electron chi connectivity index (χ2n) is 9.26. The number of carbonyl (C=O) groups is 3. The Hall–Kier alpha value is -2.41. The van der Waals surface area contributed by atoms with Crippen molar-refractivity contribution in [1.82, 2.24) is 20.0 Å². The highest BCUT2D eigenvalue weighted by molar-refractivity contribution is 6.08. The largest absolute Gasteiger partial charge is 0.350 e. The molecule has 7 nitrogen and oxygen atoms in total. The summed E-state index contributed by atoms with van der Waals surface area (Å²) in [6, 6.07) is 7.95. The van der Waals surface area contributed by atoms with Crippen molar-refractivity contribution in [2.24, 2.45) is 0 Å². The minimum absolute atomic E-state index is 0.211. The Morgan fingerprint density at radius 2 is 1.55 bits per heavy atom. The third kappa shape index (κ3) is 4.61. The summed E-state index contributed by atoms with van der Waals surface area (Å²) >= 11 is 0. The lowest BCUT2D eigenvalue weighted by Gasteiger charge is -2.35. The van der Waals surface area contributed by atoms with E-state index in [1.807, 2.05) is 12.1 Å². The van der Waals surface area contributed by atoms with Crippen LogP contribution in [0, 0.1) is 0 Å². The zero-order valence-electron chi connectivity index (χ0n) is 18.6. The first-order valence-corrected chi connectivity index (χ1v) is 11.7. The maximum absolute atomic E-state index is 13.0. The highest BCUT2D eigenvalue weighted by atomic mass is 16.2. The molecule has 4 rings (SSSR count). The standard InChI is InChI=1S/C24H34N4O3/c1-26-23(31)28(22(30)24(26)12-4-2-5-13-24)18-21(29)25-16-19-8-10-20(11-9-19)17-27-14-6-3-7-15-27/h8-11H,2-7,12-18H2,1H3,(H,25,29). The van der Waals surface area contributed by atoms with Gasteiger partial charge in [0.2, 0.25) is 5.91 Å². The van der Waals surface area contributed by atoms with Gasteiger partial charge in [-0.25, -0.2) is 4.79 Å². The molecule has 1 spiro atoms. The number of nitrogens with zero attached hydrogens (tertiary/aromatic N) is 3. The molecular formula is C24H34N4O3. The van der Waals surface area contributed by atoms with Gasteiger partial charge in [-0.15, -0.1) is 0 Å². The summed E-state index contributed by atoms with van der Waals surface area (Å²) in [5.41, 5.74) is 1.56. The molecule has 0 bridgehead atoms. The van der Waals surface area contributed by atoms with E-state index >= 15 is 0 Å². The number of hydrogen-bond donors (Lipinski definition) is 1. The highest BCUT2D eigenvalue weighted by Gasteiger charge is 2.55. The third-order valence-corrected chi connectivity index (χ3v) is 7.15. The minimum Gasteiger partial charge on any atom is -0.350 e. The van der Waals surface area contributed by atoms with Crippen molar-refractivity contribution in [2.45, 2.75) is 70.0 Å². The van der Waals surface area contributed by atoms with Gasteiger partial charge in [-0.2, -0.15) is 0 Å². The molecule has 7 heteroatoms. The summed E-state index contributed by atoms with van der Waals surface area (Å²) in [4.78, 5) is 43.3. The molecule has 1 aromatic carbocycles. The summed E-state index contributed by atoms with van der Waals surface area (Å²) < 4.78 is 0. The Kier molecular flexibility index (Phi) is 6.60. The molecule has 2 heterocycles. The van der Waals surface area contributed by atoms with Gasteiger partial charge < -0.3 is 10.2 Å². The molecule has 2 saturated heterocycles. The second kappa shape index (κ2) is 9.39. The van der Waals surface area contributed by atoms with Gasteiger partial charge >= 0.3 is 6.03 Å². The topological polar surface area (TPSA) is 73.0 Å². The predicted octanol–water partition coefficient (Wildman–Crippen LogP) is 2.89. The predicted molar refractivity (Wildman–Crippen MR) is 118 cm³/mol. The average molecular weight is 427 g/mol. The average Bonchev–Trinajstić information content (AvgIpc) is 2.96. The van der Waals surface area contributed by atoms with Crippen molar-refractivity contribution < 1.29 is 14.4 Å². The molecule has 3 fully saturated rings. The van der Waals surface area contributed by atoms with Crippen LogP contribution >= 0.6 is 0 Å². The van der Waals surface area contributed by atoms with Crippen LogP contribution < -0.4 is 5.32 Å². The van der Waals surface area contributed by atoms with Gasteiger partial charge in [0.25, 0.3) is 5.91 Å². The van der Waals surface area contributed by atoms with Crippen LogP contribution in [-0.4, -0.2) is 64.8 Å². The van der Waals surface area contributed by atoms with Crippen LogP contribution in [0.4, 0.5) is 4.79 Å². The first-order valence-electron chi connectivity index (χ1n) is 11.7. The highest BCUT2D eigenvalue weighted by Crippen LogP contribution is 2.39. The number of urea groups is 1. The number of likely N-dealkylation sites (tertiary alicyclic amines) is 1. The van der Waals surface area contributed by atoms with Crippen molar-refractivity contribution >= 4 is 17.8 Å². The van der Waals surface area contributed by atoms with Crippen LogP contribution in [0.2, 0.25) is 0 Å². The molecule has 0 radical (unpaired) electrons. The number of piperidine rings is 1. The first kappa shape index (κ1) is 21.8. The molecule has 168 valence electrons. The van der Waals surface area contributed by atoms with E-state index in [0.717, 1.165) is 36.3 Å². The lowest BCUT2D eigenvalue weighted by atomic mass is 9.81. The molecule has 3 aliphatic rings. The Bertz CT molecular complexity index is 811. The molecule has 0 aromatic heterocycles. The normalized spacial score (nSPS) is 21.7. The zero-order valence-corrected chi connectivity index (χ0v) is 18.6. The smallest absolute Gasteiger partial charge is 0.327 e. The van der Waals surface area contributed by atoms with Gasteiger partial charge in [0.15, 0.2) is 0 Å². The van der Waals surface area contributed by atoms with E-state index in [0.29, 0.717) is 19.4 Å². The molecule has 1 aromatic rings. The van der Waals surface area contributed by atoms with Gasteiger partial charge in [-0.1, -0.05) is 49.9 Å². The summed E-state index contributed by atoms with van der Waals surface area (Å²) in [5.74, 6) is -0.516. The van der Waals surface area contributed by atoms with Crippen LogP contribution in [0.25, 0.3) is 0 Å². The van der Waals surface area contributed by atoms with E-state index in [2.05, 4.69) is 22.3 Å². The number of hydrogen-bond acceptors (Lipinski definition) is 4. The van der Waals surface area contributed by atoms with Crippen LogP contribution in [0.3, 0.4) is 0 Å². The van der Waals surface area contributed by atoms with Crippen molar-refractivity contribution in [1.29, 1.82) is 0 Å². The Morgan fingerprint density at radius 3 is 2.23 bits per heavy atom. The van der Waals surface area contributed by atoms with E-state index in [4.69, 9.17) is 0 Å². The molecule has 1 aliphatic carbocycles. The van der Waals surface area contributed by atoms with Crippen molar-refractivity contribution in [3.63, 3.8) is 0 Å². The third-order valence-electron chi connectivity index (χ3n) is 7.15. The Balaban J connectivity index is 1.28. The maximum Gasteiger partial charge on any atom is 0.327 e. The fourth-order valence-electron chi connectivity index (χ4n) is 5.21. The number of benzene rings is 1. The fourth-order valence-corrected chi connectivity index (χ4v) is 5.21. The summed E-state index contributed by atoms with van der Waals surface area (Å²) in [5, 5.41) is 2.86. The Labute approximate surface area is 184 Å². The Morgan fingerprint density at radius 1 is 0.935 bits per heavy atom. The van der Waals surface area contributed by atoms with E-state index in [-0.39, 0.29) is 24.4 Å². The minimum atomic E-state index is -0.736. The van der Waals surface area contributed by atoms with Gasteiger partial charge in [0, 0.05) is 20.1 Å². The lowest BCUT2D eigenvalue weighted by molar-refractivity contribution is -0.137. The quantitative estimate of drug-likeness (QED) is 0.710. The number of rotatable bonds is 6. The molecule has 31 heavy (non-hydrogen) atoms. The SMILES string of the molecule is CN1C(=O)N(CC(=O)NCc2ccc(CN3CCCCC3)cc2)C(=O)C12CCCCC2. The van der Waals surface area contributed by atoms with Crippen LogP contribution in [0.15, 0.2) is 24.3 Å². The number of carbonyl (C=O) groups excluding carboxylic acids is 3. The zero-order chi connectivity index (χ0) is 21.8. The monoisotopic (exact) mass is 426 g/mol. The number of likely N-dealkylation sites (N-methyl/N-ethyl adjacent to an activating group) is 1. The maximum atomic E-state index is 13.0. The van der Waals surface area contributed by atoms with E-state index in [9.17, 15) is 14.4 Å². The lowest BCUT2D eigenvalue weighted by Crippen LogP contribution is -2.49. The molecular weight excluding hydrogens is 392 g/mol. The molecule has 0 unspecified atom stereocenters. The van der Waals surface area contributed by atoms with Gasteiger partial charge in [0.05, 0.1) is 0 Å². The number of imide groups is 1. The van der Waals surface area contributed by atoms with Crippen molar-refractivity contribution in [2.75, 3.05) is 26.7 Å². The molecule has 2 aliphatic heterocycles. The number of amides is 4. The molecule has 0 atom stereocenters. The molecule has 1 N–H and O–H groups in total. The van der Waals surface area contributed by atoms with E-state index in [1.54, 1.807) is 11.9 Å². The van der Waals surface area contributed by atoms with Crippen LogP contribution in [0.5, 0.6) is 0 Å². The van der Waals surface area contributed by atoms with Crippen LogP contribution in [-0.2, 0) is 22.7 Å². The molecule has 1 saturated carbocycles.